The fourth-order valence-electron chi connectivity index (χ4n) is 2.50. The van der Waals surface area contributed by atoms with Crippen LogP contribution in [-0.4, -0.2) is 12.0 Å². The molecule has 3 aromatic rings. The molecule has 0 spiro atoms. The van der Waals surface area contributed by atoms with E-state index < -0.39 is 4.92 Å². The highest BCUT2D eigenvalue weighted by Gasteiger charge is 2.19. The number of furan rings is 1. The van der Waals surface area contributed by atoms with Crippen LogP contribution in [0, 0.1) is 21.4 Å². The highest BCUT2D eigenvalue weighted by Crippen LogP contribution is 2.30. The zero-order valence-electron chi connectivity index (χ0n) is 12.4. The summed E-state index contributed by atoms with van der Waals surface area (Å²) in [6, 6.07) is 15.9. The molecule has 0 atom stereocenters. The van der Waals surface area contributed by atoms with E-state index >= 15 is 0 Å². The lowest BCUT2D eigenvalue weighted by molar-refractivity contribution is -0.384. The van der Waals surface area contributed by atoms with Crippen molar-refractivity contribution < 1.29 is 9.34 Å². The van der Waals surface area contributed by atoms with E-state index in [-0.39, 0.29) is 11.3 Å². The van der Waals surface area contributed by atoms with Gasteiger partial charge in [0, 0.05) is 18.5 Å². The quantitative estimate of drug-likeness (QED) is 0.540. The van der Waals surface area contributed by atoms with E-state index in [4.69, 9.17) is 9.68 Å². The zero-order valence-corrected chi connectivity index (χ0v) is 12.4. The minimum absolute atomic E-state index is 0.0948. The molecule has 0 N–H and O–H groups in total. The van der Waals surface area contributed by atoms with E-state index in [0.717, 1.165) is 11.0 Å². The Hall–Kier alpha value is -3.33. The molecule has 0 aliphatic rings. The number of benzene rings is 2. The Morgan fingerprint density at radius 1 is 1.26 bits per heavy atom. The van der Waals surface area contributed by atoms with E-state index in [0.29, 0.717) is 18.0 Å². The molecule has 23 heavy (non-hydrogen) atoms. The first kappa shape index (κ1) is 14.6. The maximum absolute atomic E-state index is 11.2. The average molecular weight is 307 g/mol. The summed E-state index contributed by atoms with van der Waals surface area (Å²) in [4.78, 5) is 12.5. The molecule has 114 valence electrons. The molecule has 6 nitrogen and oxygen atoms in total. The second-order valence-corrected chi connectivity index (χ2v) is 5.18. The summed E-state index contributed by atoms with van der Waals surface area (Å²) in [7, 11) is 1.75. The second kappa shape index (κ2) is 5.81. The summed E-state index contributed by atoms with van der Waals surface area (Å²) >= 11 is 0. The van der Waals surface area contributed by atoms with Crippen molar-refractivity contribution in [2.75, 3.05) is 11.9 Å². The number of hydrogen-bond donors (Lipinski definition) is 0. The van der Waals surface area contributed by atoms with Crippen LogP contribution in [0.5, 0.6) is 0 Å². The SMILES string of the molecule is CN(Cc1cc2ccccc2o1)c1ccc(C#N)cc1[N+](=O)[O-]. The number of fused-ring (bicyclic) bond motifs is 1. The third-order valence-corrected chi connectivity index (χ3v) is 3.58. The minimum atomic E-state index is -0.481. The number of hydrogen-bond acceptors (Lipinski definition) is 5. The van der Waals surface area contributed by atoms with E-state index in [1.165, 1.54) is 6.07 Å². The molecule has 3 rings (SSSR count). The second-order valence-electron chi connectivity index (χ2n) is 5.18. The molecule has 2 aromatic carbocycles. The number of para-hydroxylation sites is 1. The topological polar surface area (TPSA) is 83.3 Å². The Balaban J connectivity index is 1.92. The van der Waals surface area contributed by atoms with Crippen molar-refractivity contribution in [1.29, 1.82) is 5.26 Å². The first-order valence-corrected chi connectivity index (χ1v) is 6.95. The van der Waals surface area contributed by atoms with Crippen LogP contribution in [0.25, 0.3) is 11.0 Å². The summed E-state index contributed by atoms with van der Waals surface area (Å²) in [5.41, 5.74) is 1.39. The number of nitrogens with zero attached hydrogens (tertiary/aromatic N) is 3. The van der Waals surface area contributed by atoms with Crippen molar-refractivity contribution in [2.45, 2.75) is 6.54 Å². The van der Waals surface area contributed by atoms with Crippen LogP contribution >= 0.6 is 0 Å². The molecule has 0 amide bonds. The van der Waals surface area contributed by atoms with E-state index in [2.05, 4.69) is 0 Å². The van der Waals surface area contributed by atoms with Gasteiger partial charge in [-0.05, 0) is 24.3 Å². The molecule has 0 bridgehead atoms. The molecular formula is C17H13N3O3. The fraction of sp³-hybridized carbons (Fsp3) is 0.118. The Labute approximate surface area is 132 Å². The summed E-state index contributed by atoms with van der Waals surface area (Å²) < 4.78 is 5.74. The maximum atomic E-state index is 11.2. The summed E-state index contributed by atoms with van der Waals surface area (Å²) in [6.07, 6.45) is 0. The van der Waals surface area contributed by atoms with Gasteiger partial charge >= 0.3 is 0 Å². The van der Waals surface area contributed by atoms with Gasteiger partial charge in [0.2, 0.25) is 0 Å². The molecule has 1 aromatic heterocycles. The van der Waals surface area contributed by atoms with Gasteiger partial charge in [-0.3, -0.25) is 10.1 Å². The van der Waals surface area contributed by atoms with Gasteiger partial charge < -0.3 is 9.32 Å². The van der Waals surface area contributed by atoms with E-state index in [1.54, 1.807) is 24.1 Å². The van der Waals surface area contributed by atoms with Crippen molar-refractivity contribution in [3.63, 3.8) is 0 Å². The first-order chi connectivity index (χ1) is 11.1. The van der Waals surface area contributed by atoms with Crippen molar-refractivity contribution in [3.8, 4) is 6.07 Å². The maximum Gasteiger partial charge on any atom is 0.293 e. The van der Waals surface area contributed by atoms with Crippen LogP contribution in [0.4, 0.5) is 11.4 Å². The molecule has 6 heteroatoms. The Morgan fingerprint density at radius 3 is 2.74 bits per heavy atom. The van der Waals surface area contributed by atoms with Crippen molar-refractivity contribution in [2.24, 2.45) is 0 Å². The third-order valence-electron chi connectivity index (χ3n) is 3.58. The van der Waals surface area contributed by atoms with Crippen LogP contribution in [0.15, 0.2) is 52.9 Å². The number of rotatable bonds is 4. The Bertz CT molecular complexity index is 891. The van der Waals surface area contributed by atoms with Gasteiger partial charge in [-0.2, -0.15) is 5.26 Å². The molecule has 0 aliphatic heterocycles. The summed E-state index contributed by atoms with van der Waals surface area (Å²) in [5, 5.41) is 21.1. The van der Waals surface area contributed by atoms with Crippen LogP contribution < -0.4 is 4.90 Å². The van der Waals surface area contributed by atoms with Crippen molar-refractivity contribution in [3.05, 3.63) is 70.0 Å². The number of nitriles is 1. The highest BCUT2D eigenvalue weighted by atomic mass is 16.6. The lowest BCUT2D eigenvalue weighted by Crippen LogP contribution is -2.17. The smallest absolute Gasteiger partial charge is 0.293 e. The standard InChI is InChI=1S/C17H13N3O3/c1-19(11-14-9-13-4-2-3-5-17(13)23-14)15-7-6-12(10-18)8-16(15)20(21)22/h2-9H,11H2,1H3. The molecule has 1 heterocycles. The fourth-order valence-corrected chi connectivity index (χ4v) is 2.50. The Morgan fingerprint density at radius 2 is 2.04 bits per heavy atom. The van der Waals surface area contributed by atoms with E-state index in [9.17, 15) is 10.1 Å². The van der Waals surface area contributed by atoms with E-state index in [1.807, 2.05) is 36.4 Å². The normalized spacial score (nSPS) is 10.4. The third kappa shape index (κ3) is 2.85. The largest absolute Gasteiger partial charge is 0.459 e. The molecule has 0 unspecified atom stereocenters. The van der Waals surface area contributed by atoms with Crippen LogP contribution in [0.1, 0.15) is 11.3 Å². The van der Waals surface area contributed by atoms with Gasteiger partial charge in [0.25, 0.3) is 5.69 Å². The van der Waals surface area contributed by atoms with Crippen molar-refractivity contribution >= 4 is 22.3 Å². The average Bonchev–Trinajstić information content (AvgIpc) is 2.96. The highest BCUT2D eigenvalue weighted by molar-refractivity contribution is 5.77. The van der Waals surface area contributed by atoms with Crippen LogP contribution in [0.2, 0.25) is 0 Å². The molecule has 0 saturated heterocycles. The molecule has 0 aliphatic carbocycles. The van der Waals surface area contributed by atoms with Gasteiger partial charge in [0.05, 0.1) is 23.1 Å². The zero-order chi connectivity index (χ0) is 16.4. The van der Waals surface area contributed by atoms with Gasteiger partial charge in [0.15, 0.2) is 0 Å². The van der Waals surface area contributed by atoms with Gasteiger partial charge in [0.1, 0.15) is 17.0 Å². The number of nitro groups is 1. The molecular weight excluding hydrogens is 294 g/mol. The predicted molar refractivity (Wildman–Crippen MR) is 86.1 cm³/mol. The monoisotopic (exact) mass is 307 g/mol. The number of anilines is 1. The van der Waals surface area contributed by atoms with Crippen LogP contribution in [-0.2, 0) is 6.54 Å². The lowest BCUT2D eigenvalue weighted by atomic mass is 10.1. The van der Waals surface area contributed by atoms with Crippen LogP contribution in [0.3, 0.4) is 0 Å². The van der Waals surface area contributed by atoms with Gasteiger partial charge in [-0.25, -0.2) is 0 Å². The lowest BCUT2D eigenvalue weighted by Gasteiger charge is -2.17. The summed E-state index contributed by atoms with van der Waals surface area (Å²) in [6.45, 7) is 0.390. The predicted octanol–water partition coefficient (Wildman–Crippen LogP) is 3.85. The molecule has 0 radical (unpaired) electrons. The number of nitro benzene ring substituents is 1. The molecule has 0 fully saturated rings. The van der Waals surface area contributed by atoms with Gasteiger partial charge in [-0.1, -0.05) is 18.2 Å². The molecule has 0 saturated carbocycles. The Kier molecular flexibility index (Phi) is 3.69. The first-order valence-electron chi connectivity index (χ1n) is 6.95. The summed E-state index contributed by atoms with van der Waals surface area (Å²) in [5.74, 6) is 0.715. The minimum Gasteiger partial charge on any atom is -0.459 e. The van der Waals surface area contributed by atoms with Crippen molar-refractivity contribution in [1.82, 2.24) is 0 Å². The van der Waals surface area contributed by atoms with Gasteiger partial charge in [-0.15, -0.1) is 0 Å².